The van der Waals surface area contributed by atoms with Gasteiger partial charge in [-0.25, -0.2) is 4.98 Å². The van der Waals surface area contributed by atoms with Crippen molar-refractivity contribution in [3.05, 3.63) is 77.8 Å². The van der Waals surface area contributed by atoms with Crippen molar-refractivity contribution >= 4 is 28.6 Å². The molecular weight excluding hydrogens is 374 g/mol. The number of ether oxygens (including phenoxy) is 2. The van der Waals surface area contributed by atoms with Crippen LogP contribution in [-0.2, 0) is 11.4 Å². The molecule has 1 aromatic heterocycles. The van der Waals surface area contributed by atoms with Crippen LogP contribution in [-0.4, -0.2) is 27.4 Å². The minimum Gasteiger partial charge on any atom is -0.491 e. The Labute approximate surface area is 167 Å². The highest BCUT2D eigenvalue weighted by Gasteiger charge is 2.41. The maximum absolute atomic E-state index is 11.6. The Kier molecular flexibility index (Phi) is 5.21. The molecule has 0 saturated carbocycles. The number of rotatable bonds is 7. The lowest BCUT2D eigenvalue weighted by molar-refractivity contribution is -0.140. The van der Waals surface area contributed by atoms with Crippen LogP contribution >= 0.6 is 11.8 Å². The minimum atomic E-state index is -0.953. The molecule has 6 heteroatoms. The quantitative estimate of drug-likeness (QED) is 0.629. The van der Waals surface area contributed by atoms with Gasteiger partial charge in [-0.05, 0) is 36.1 Å². The second-order valence-corrected chi connectivity index (χ2v) is 7.83. The van der Waals surface area contributed by atoms with Gasteiger partial charge < -0.3 is 14.6 Å². The largest absolute Gasteiger partial charge is 0.491 e. The number of fused-ring (bicyclic) bond motifs is 1. The highest BCUT2D eigenvalue weighted by Crippen LogP contribution is 2.37. The molecule has 5 nitrogen and oxygen atoms in total. The first kappa shape index (κ1) is 18.4. The number of aliphatic carboxylic acids is 1. The van der Waals surface area contributed by atoms with Crippen molar-refractivity contribution in [2.24, 2.45) is 0 Å². The Morgan fingerprint density at radius 2 is 1.89 bits per heavy atom. The van der Waals surface area contributed by atoms with E-state index >= 15 is 0 Å². The first-order valence-electron chi connectivity index (χ1n) is 8.91. The number of aromatic nitrogens is 1. The number of para-hydroxylation sites is 1. The Balaban J connectivity index is 1.40. The number of carboxylic acids is 1. The summed E-state index contributed by atoms with van der Waals surface area (Å²) in [6.07, 6.45) is 2.31. The molecule has 28 heavy (non-hydrogen) atoms. The molecule has 0 saturated heterocycles. The van der Waals surface area contributed by atoms with E-state index in [-0.39, 0.29) is 6.61 Å². The predicted octanol–water partition coefficient (Wildman–Crippen LogP) is 4.67. The molecule has 0 spiro atoms. The zero-order valence-electron chi connectivity index (χ0n) is 15.1. The van der Waals surface area contributed by atoms with Gasteiger partial charge >= 0.3 is 5.97 Å². The number of nitrogens with zero attached hydrogens (tertiary/aromatic N) is 1. The summed E-state index contributed by atoms with van der Waals surface area (Å²) in [5.41, 5.74) is 1.77. The first-order valence-corrected chi connectivity index (χ1v) is 9.79. The van der Waals surface area contributed by atoms with Crippen molar-refractivity contribution in [1.29, 1.82) is 0 Å². The van der Waals surface area contributed by atoms with Crippen molar-refractivity contribution in [2.45, 2.75) is 17.8 Å². The molecule has 0 aliphatic carbocycles. The van der Waals surface area contributed by atoms with Crippen molar-refractivity contribution in [3.63, 3.8) is 0 Å². The fourth-order valence-corrected chi connectivity index (χ4v) is 3.83. The Hall–Kier alpha value is -2.99. The second kappa shape index (κ2) is 7.94. The average Bonchev–Trinajstić information content (AvgIpc) is 3.21. The zero-order valence-corrected chi connectivity index (χ0v) is 15.9. The van der Waals surface area contributed by atoms with Gasteiger partial charge in [0.25, 0.3) is 0 Å². The Morgan fingerprint density at radius 3 is 2.68 bits per heavy atom. The molecule has 1 unspecified atom stereocenters. The van der Waals surface area contributed by atoms with E-state index in [4.69, 9.17) is 9.47 Å². The molecule has 0 radical (unpaired) electrons. The number of thioether (sulfide) groups is 1. The fourth-order valence-electron chi connectivity index (χ4n) is 2.96. The third kappa shape index (κ3) is 3.97. The first-order chi connectivity index (χ1) is 13.6. The molecule has 0 amide bonds. The van der Waals surface area contributed by atoms with Gasteiger partial charge in [0.05, 0.1) is 11.2 Å². The van der Waals surface area contributed by atoms with Gasteiger partial charge in [-0.3, -0.25) is 4.79 Å². The highest BCUT2D eigenvalue weighted by atomic mass is 32.2. The number of carbonyl (C=O) groups is 1. The Morgan fingerprint density at radius 1 is 1.07 bits per heavy atom. The third-order valence-corrected chi connectivity index (χ3v) is 5.79. The normalized spacial score (nSPS) is 18.3. The van der Waals surface area contributed by atoms with Crippen molar-refractivity contribution in [1.82, 2.24) is 4.98 Å². The molecule has 0 fully saturated rings. The molecule has 0 bridgehead atoms. The van der Waals surface area contributed by atoms with E-state index in [0.717, 1.165) is 16.6 Å². The third-order valence-electron chi connectivity index (χ3n) is 4.55. The molecule has 1 aliphatic heterocycles. The van der Waals surface area contributed by atoms with Crippen LogP contribution in [0.4, 0.5) is 0 Å². The lowest BCUT2D eigenvalue weighted by Crippen LogP contribution is -2.38. The fraction of sp³-hybridized carbons (Fsp3) is 0.182. The van der Waals surface area contributed by atoms with Crippen LogP contribution in [0, 0.1) is 0 Å². The number of pyridine rings is 1. The van der Waals surface area contributed by atoms with Crippen molar-refractivity contribution < 1.29 is 19.4 Å². The van der Waals surface area contributed by atoms with Gasteiger partial charge in [0, 0.05) is 11.5 Å². The van der Waals surface area contributed by atoms with Gasteiger partial charge in [0.2, 0.25) is 0 Å². The molecule has 3 aromatic rings. The lowest BCUT2D eigenvalue weighted by atomic mass is 10.1. The van der Waals surface area contributed by atoms with E-state index in [1.807, 2.05) is 60.0 Å². The van der Waals surface area contributed by atoms with Crippen molar-refractivity contribution in [2.75, 3.05) is 6.61 Å². The lowest BCUT2D eigenvalue weighted by Gasteiger charge is -2.23. The van der Waals surface area contributed by atoms with Gasteiger partial charge in [0.1, 0.15) is 24.7 Å². The number of benzene rings is 2. The van der Waals surface area contributed by atoms with Crippen LogP contribution < -0.4 is 9.47 Å². The number of carboxylic acid groups (broad SMARTS) is 1. The van der Waals surface area contributed by atoms with Crippen LogP contribution in [0.25, 0.3) is 10.9 Å². The van der Waals surface area contributed by atoms with Crippen LogP contribution in [0.3, 0.4) is 0 Å². The summed E-state index contributed by atoms with van der Waals surface area (Å²) in [4.78, 5) is 16.2. The maximum Gasteiger partial charge on any atom is 0.323 e. The Bertz CT molecular complexity index is 1030. The summed E-state index contributed by atoms with van der Waals surface area (Å²) in [5.74, 6) is 0.364. The molecular formula is C22H19NO4S. The topological polar surface area (TPSA) is 68.7 Å². The number of hydrogen-bond acceptors (Lipinski definition) is 5. The van der Waals surface area contributed by atoms with E-state index in [0.29, 0.717) is 24.5 Å². The predicted molar refractivity (Wildman–Crippen MR) is 110 cm³/mol. The molecule has 2 heterocycles. The maximum atomic E-state index is 11.6. The summed E-state index contributed by atoms with van der Waals surface area (Å²) in [5, 5.41) is 12.4. The number of allylic oxidation sites excluding steroid dienone is 1. The van der Waals surface area contributed by atoms with Crippen LogP contribution in [0.2, 0.25) is 0 Å². The summed E-state index contributed by atoms with van der Waals surface area (Å²) >= 11 is 1.29. The molecule has 4 rings (SSSR count). The van der Waals surface area contributed by atoms with E-state index in [1.165, 1.54) is 11.8 Å². The highest BCUT2D eigenvalue weighted by molar-refractivity contribution is 8.04. The molecule has 1 atom stereocenters. The smallest absolute Gasteiger partial charge is 0.323 e. The van der Waals surface area contributed by atoms with E-state index in [1.54, 1.807) is 12.1 Å². The van der Waals surface area contributed by atoms with Gasteiger partial charge in [-0.2, -0.15) is 0 Å². The monoisotopic (exact) mass is 393 g/mol. The summed E-state index contributed by atoms with van der Waals surface area (Å²) in [6, 6.07) is 19.1. The van der Waals surface area contributed by atoms with Crippen LogP contribution in [0.5, 0.6) is 11.5 Å². The molecule has 142 valence electrons. The van der Waals surface area contributed by atoms with Crippen LogP contribution in [0.1, 0.15) is 12.1 Å². The summed E-state index contributed by atoms with van der Waals surface area (Å²) in [7, 11) is 0. The average molecular weight is 393 g/mol. The second-order valence-electron chi connectivity index (χ2n) is 6.54. The van der Waals surface area contributed by atoms with Gasteiger partial charge in [-0.15, -0.1) is 11.8 Å². The SMILES string of the molecule is O=C(O)C1(COc2cccc(OCc3ccc4ccccc4n3)c2)CC=CS1. The number of hydrogen-bond donors (Lipinski definition) is 1. The van der Waals surface area contributed by atoms with Gasteiger partial charge in [-0.1, -0.05) is 36.4 Å². The molecule has 2 aromatic carbocycles. The zero-order chi connectivity index (χ0) is 19.4. The standard InChI is InChI=1S/C22H19NO4S/c24-21(25)22(11-4-12-28-22)15-27-19-7-3-6-18(13-19)26-14-17-10-9-16-5-1-2-8-20(16)23-17/h1-10,12-13H,11,14-15H2,(H,24,25). The minimum absolute atomic E-state index is 0.0929. The molecule has 1 N–H and O–H groups in total. The van der Waals surface area contributed by atoms with E-state index in [2.05, 4.69) is 4.98 Å². The van der Waals surface area contributed by atoms with Crippen molar-refractivity contribution in [3.8, 4) is 11.5 Å². The van der Waals surface area contributed by atoms with E-state index in [9.17, 15) is 9.90 Å². The van der Waals surface area contributed by atoms with E-state index < -0.39 is 10.7 Å². The van der Waals surface area contributed by atoms with Crippen LogP contribution in [0.15, 0.2) is 72.1 Å². The van der Waals surface area contributed by atoms with Gasteiger partial charge in [0.15, 0.2) is 4.75 Å². The summed E-state index contributed by atoms with van der Waals surface area (Å²) < 4.78 is 10.7. The summed E-state index contributed by atoms with van der Waals surface area (Å²) in [6.45, 7) is 0.433. The molecule has 1 aliphatic rings.